The van der Waals surface area contributed by atoms with E-state index in [1.165, 1.54) is 24.2 Å². The van der Waals surface area contributed by atoms with Gasteiger partial charge in [-0.1, -0.05) is 0 Å². The number of nitrogens with zero attached hydrogens (tertiary/aromatic N) is 1. The van der Waals surface area contributed by atoms with Crippen LogP contribution in [0.5, 0.6) is 0 Å². The summed E-state index contributed by atoms with van der Waals surface area (Å²) < 4.78 is 0. The lowest BCUT2D eigenvalue weighted by atomic mass is 10.2. The molecular formula is C13H15N3OS. The average molecular weight is 261 g/mol. The number of aromatic nitrogens is 1. The Morgan fingerprint density at radius 2 is 2.33 bits per heavy atom. The molecule has 18 heavy (non-hydrogen) atoms. The first-order chi connectivity index (χ1) is 8.65. The topological polar surface area (TPSA) is 68.0 Å². The molecule has 1 amide bonds. The SMILES string of the molecule is Cc1ccc2c(N)c(C(=O)NCC3CC3)sc2n1. The highest BCUT2D eigenvalue weighted by Gasteiger charge is 2.23. The summed E-state index contributed by atoms with van der Waals surface area (Å²) in [6, 6.07) is 3.85. The van der Waals surface area contributed by atoms with Crippen molar-refractivity contribution in [1.29, 1.82) is 0 Å². The van der Waals surface area contributed by atoms with Crippen LogP contribution < -0.4 is 11.1 Å². The lowest BCUT2D eigenvalue weighted by Crippen LogP contribution is -2.25. The fourth-order valence-electron chi connectivity index (χ4n) is 1.90. The van der Waals surface area contributed by atoms with Crippen LogP contribution in [0.25, 0.3) is 10.2 Å². The Balaban J connectivity index is 1.90. The maximum atomic E-state index is 12.0. The monoisotopic (exact) mass is 261 g/mol. The minimum atomic E-state index is -0.0694. The average Bonchev–Trinajstić information content (AvgIpc) is 3.11. The van der Waals surface area contributed by atoms with E-state index in [2.05, 4.69) is 10.3 Å². The van der Waals surface area contributed by atoms with E-state index in [0.717, 1.165) is 22.5 Å². The number of pyridine rings is 1. The van der Waals surface area contributed by atoms with E-state index in [0.29, 0.717) is 16.5 Å². The number of aryl methyl sites for hydroxylation is 1. The second-order valence-electron chi connectivity index (χ2n) is 4.80. The molecule has 0 spiro atoms. The number of nitrogens with one attached hydrogen (secondary N) is 1. The Morgan fingerprint density at radius 1 is 1.56 bits per heavy atom. The summed E-state index contributed by atoms with van der Waals surface area (Å²) >= 11 is 1.37. The zero-order chi connectivity index (χ0) is 12.7. The van der Waals surface area contributed by atoms with Gasteiger partial charge in [0.05, 0.1) is 5.69 Å². The lowest BCUT2D eigenvalue weighted by Gasteiger charge is -2.02. The number of carbonyl (C=O) groups is 1. The molecule has 0 bridgehead atoms. The van der Waals surface area contributed by atoms with Gasteiger partial charge in [0.25, 0.3) is 5.91 Å². The summed E-state index contributed by atoms with van der Waals surface area (Å²) in [7, 11) is 0. The Labute approximate surface area is 109 Å². The number of rotatable bonds is 3. The highest BCUT2D eigenvalue weighted by atomic mass is 32.1. The summed E-state index contributed by atoms with van der Waals surface area (Å²) in [5.74, 6) is 0.602. The number of thiophene rings is 1. The van der Waals surface area contributed by atoms with Gasteiger partial charge < -0.3 is 11.1 Å². The molecule has 3 rings (SSSR count). The van der Waals surface area contributed by atoms with Gasteiger partial charge in [-0.05, 0) is 37.8 Å². The summed E-state index contributed by atoms with van der Waals surface area (Å²) in [6.07, 6.45) is 2.45. The number of hydrogen-bond donors (Lipinski definition) is 2. The highest BCUT2D eigenvalue weighted by molar-refractivity contribution is 7.21. The van der Waals surface area contributed by atoms with Gasteiger partial charge >= 0.3 is 0 Å². The van der Waals surface area contributed by atoms with Crippen LogP contribution in [0.2, 0.25) is 0 Å². The highest BCUT2D eigenvalue weighted by Crippen LogP contribution is 2.33. The van der Waals surface area contributed by atoms with Gasteiger partial charge in [0.15, 0.2) is 0 Å². The van der Waals surface area contributed by atoms with Crippen molar-refractivity contribution in [2.24, 2.45) is 5.92 Å². The van der Waals surface area contributed by atoms with Crippen molar-refractivity contribution in [2.45, 2.75) is 19.8 Å². The van der Waals surface area contributed by atoms with Gasteiger partial charge in [0.1, 0.15) is 9.71 Å². The molecule has 94 valence electrons. The van der Waals surface area contributed by atoms with Gasteiger partial charge in [0.2, 0.25) is 0 Å². The summed E-state index contributed by atoms with van der Waals surface area (Å²) in [6.45, 7) is 2.70. The van der Waals surface area contributed by atoms with E-state index < -0.39 is 0 Å². The van der Waals surface area contributed by atoms with Gasteiger partial charge in [-0.3, -0.25) is 4.79 Å². The van der Waals surface area contributed by atoms with Crippen molar-refractivity contribution in [3.05, 3.63) is 22.7 Å². The molecule has 1 fully saturated rings. The molecule has 1 aliphatic rings. The third-order valence-electron chi connectivity index (χ3n) is 3.19. The molecule has 1 aliphatic carbocycles. The quantitative estimate of drug-likeness (QED) is 0.891. The van der Waals surface area contributed by atoms with Crippen LogP contribution in [0.15, 0.2) is 12.1 Å². The van der Waals surface area contributed by atoms with E-state index in [1.807, 2.05) is 19.1 Å². The van der Waals surface area contributed by atoms with Crippen LogP contribution in [-0.2, 0) is 0 Å². The van der Waals surface area contributed by atoms with Crippen LogP contribution in [0, 0.1) is 12.8 Å². The smallest absolute Gasteiger partial charge is 0.263 e. The van der Waals surface area contributed by atoms with E-state index in [1.54, 1.807) is 0 Å². The summed E-state index contributed by atoms with van der Waals surface area (Å²) in [4.78, 5) is 17.9. The minimum Gasteiger partial charge on any atom is -0.397 e. The second kappa shape index (κ2) is 4.24. The maximum absolute atomic E-state index is 12.0. The van der Waals surface area contributed by atoms with Crippen LogP contribution in [-0.4, -0.2) is 17.4 Å². The molecule has 2 aromatic heterocycles. The molecule has 0 radical (unpaired) electrons. The predicted octanol–water partition coefficient (Wildman–Crippen LogP) is 2.33. The van der Waals surface area contributed by atoms with E-state index in [4.69, 9.17) is 5.73 Å². The molecular weight excluding hydrogens is 246 g/mol. The Kier molecular flexibility index (Phi) is 2.70. The molecule has 3 N–H and O–H groups in total. The standard InChI is InChI=1S/C13H15N3OS/c1-7-2-5-9-10(14)11(18-13(9)16-7)12(17)15-6-8-3-4-8/h2,5,8H,3-4,6,14H2,1H3,(H,15,17). The lowest BCUT2D eigenvalue weighted by molar-refractivity contribution is 0.0956. The molecule has 2 aromatic rings. The normalized spacial score (nSPS) is 14.9. The molecule has 2 heterocycles. The first-order valence-electron chi connectivity index (χ1n) is 6.09. The second-order valence-corrected chi connectivity index (χ2v) is 5.80. The maximum Gasteiger partial charge on any atom is 0.263 e. The molecule has 4 nitrogen and oxygen atoms in total. The number of anilines is 1. The van der Waals surface area contributed by atoms with E-state index in [9.17, 15) is 4.79 Å². The fraction of sp³-hybridized carbons (Fsp3) is 0.385. The van der Waals surface area contributed by atoms with E-state index in [-0.39, 0.29) is 5.91 Å². The van der Waals surface area contributed by atoms with Crippen molar-refractivity contribution in [3.63, 3.8) is 0 Å². The number of amides is 1. The fourth-order valence-corrected chi connectivity index (χ4v) is 2.95. The van der Waals surface area contributed by atoms with E-state index >= 15 is 0 Å². The zero-order valence-corrected chi connectivity index (χ0v) is 11.0. The predicted molar refractivity (Wildman–Crippen MR) is 73.8 cm³/mol. The Hall–Kier alpha value is -1.62. The molecule has 0 aliphatic heterocycles. The third-order valence-corrected chi connectivity index (χ3v) is 4.30. The zero-order valence-electron chi connectivity index (χ0n) is 10.2. The van der Waals surface area contributed by atoms with Crippen molar-refractivity contribution in [3.8, 4) is 0 Å². The van der Waals surface area contributed by atoms with Crippen LogP contribution >= 0.6 is 11.3 Å². The molecule has 5 heteroatoms. The van der Waals surface area contributed by atoms with Crippen LogP contribution in [0.3, 0.4) is 0 Å². The number of nitrogen functional groups attached to an aromatic ring is 1. The van der Waals surface area contributed by atoms with Crippen molar-refractivity contribution in [1.82, 2.24) is 10.3 Å². The molecule has 1 saturated carbocycles. The van der Waals surface area contributed by atoms with Crippen LogP contribution in [0.1, 0.15) is 28.2 Å². The van der Waals surface area contributed by atoms with Crippen molar-refractivity contribution < 1.29 is 4.79 Å². The molecule has 0 atom stereocenters. The van der Waals surface area contributed by atoms with Gasteiger partial charge in [0, 0.05) is 17.6 Å². The number of nitrogens with two attached hydrogens (primary N) is 1. The van der Waals surface area contributed by atoms with Gasteiger partial charge in [-0.15, -0.1) is 11.3 Å². The Bertz CT molecular complexity index is 616. The summed E-state index contributed by atoms with van der Waals surface area (Å²) in [5.41, 5.74) is 7.51. The van der Waals surface area contributed by atoms with Crippen molar-refractivity contribution in [2.75, 3.05) is 12.3 Å². The Morgan fingerprint density at radius 3 is 3.06 bits per heavy atom. The first kappa shape index (κ1) is 11.5. The molecule has 0 unspecified atom stereocenters. The van der Waals surface area contributed by atoms with Crippen molar-refractivity contribution >= 4 is 33.1 Å². The third kappa shape index (κ3) is 2.06. The summed E-state index contributed by atoms with van der Waals surface area (Å²) in [5, 5.41) is 3.82. The molecule has 0 saturated heterocycles. The molecule has 0 aromatic carbocycles. The number of hydrogen-bond acceptors (Lipinski definition) is 4. The number of carbonyl (C=O) groups excluding carboxylic acids is 1. The van der Waals surface area contributed by atoms with Gasteiger partial charge in [-0.2, -0.15) is 0 Å². The van der Waals surface area contributed by atoms with Crippen LogP contribution in [0.4, 0.5) is 5.69 Å². The van der Waals surface area contributed by atoms with Gasteiger partial charge in [-0.25, -0.2) is 4.98 Å². The first-order valence-corrected chi connectivity index (χ1v) is 6.90. The number of fused-ring (bicyclic) bond motifs is 1. The largest absolute Gasteiger partial charge is 0.397 e. The minimum absolute atomic E-state index is 0.0694.